The molecule has 0 bridgehead atoms. The van der Waals surface area contributed by atoms with Crippen LogP contribution in [-0.2, 0) is 4.79 Å². The number of thiazole rings is 1. The second-order valence-corrected chi connectivity index (χ2v) is 7.54. The zero-order valence-electron chi connectivity index (χ0n) is 17.6. The van der Waals surface area contributed by atoms with Crippen molar-refractivity contribution in [1.29, 1.82) is 0 Å². The average Bonchev–Trinajstić information content (AvgIpc) is 3.30. The number of carbonyl (C=O) groups excluding carboxylic acids is 1. The third-order valence-electron chi connectivity index (χ3n) is 4.69. The first-order valence-electron chi connectivity index (χ1n) is 9.63. The quantitative estimate of drug-likeness (QED) is 0.301. The van der Waals surface area contributed by atoms with Crippen LogP contribution in [0.5, 0.6) is 17.2 Å². The highest BCUT2D eigenvalue weighted by atomic mass is 32.1. The number of nitro benzene ring substituents is 1. The molecule has 0 saturated carbocycles. The zero-order valence-corrected chi connectivity index (χ0v) is 18.4. The number of hydrogen-bond acceptors (Lipinski definition) is 9. The molecule has 0 spiro atoms. The number of nitrogens with zero attached hydrogens (tertiary/aromatic N) is 3. The van der Waals surface area contributed by atoms with E-state index >= 15 is 0 Å². The highest BCUT2D eigenvalue weighted by Crippen LogP contribution is 2.34. The van der Waals surface area contributed by atoms with Gasteiger partial charge in [0.15, 0.2) is 23.2 Å². The van der Waals surface area contributed by atoms with Gasteiger partial charge in [-0.05, 0) is 36.4 Å². The fourth-order valence-corrected chi connectivity index (χ4v) is 3.90. The fraction of sp³-hybridized carbons (Fsp3) is 0.136. The molecule has 1 amide bonds. The van der Waals surface area contributed by atoms with Gasteiger partial charge in [0.1, 0.15) is 11.3 Å². The minimum atomic E-state index is -0.487. The van der Waals surface area contributed by atoms with Crippen molar-refractivity contribution in [2.75, 3.05) is 26.1 Å². The molecule has 0 unspecified atom stereocenters. The first-order valence-corrected chi connectivity index (χ1v) is 10.5. The number of rotatable bonds is 8. The van der Waals surface area contributed by atoms with Crippen molar-refractivity contribution < 1.29 is 23.9 Å². The smallest absolute Gasteiger partial charge is 0.279 e. The van der Waals surface area contributed by atoms with E-state index < -0.39 is 10.8 Å². The number of aromatic nitrogens is 2. The summed E-state index contributed by atoms with van der Waals surface area (Å²) in [7, 11) is 3.11. The number of pyridine rings is 1. The van der Waals surface area contributed by atoms with E-state index in [0.29, 0.717) is 33.2 Å². The van der Waals surface area contributed by atoms with Crippen LogP contribution in [0.2, 0.25) is 0 Å². The summed E-state index contributed by atoms with van der Waals surface area (Å²) >= 11 is 1.27. The molecule has 168 valence electrons. The second-order valence-electron chi connectivity index (χ2n) is 6.68. The van der Waals surface area contributed by atoms with Crippen molar-refractivity contribution >= 4 is 39.0 Å². The number of nitrogens with one attached hydrogen (secondary N) is 1. The molecule has 0 fully saturated rings. The molecule has 0 atom stereocenters. The third-order valence-corrected chi connectivity index (χ3v) is 5.45. The molecule has 1 N–H and O–H groups in total. The Morgan fingerprint density at radius 3 is 2.67 bits per heavy atom. The fourth-order valence-electron chi connectivity index (χ4n) is 3.17. The van der Waals surface area contributed by atoms with Crippen LogP contribution >= 0.6 is 11.3 Å². The maximum atomic E-state index is 12.4. The highest BCUT2D eigenvalue weighted by molar-refractivity contribution is 7.14. The van der Waals surface area contributed by atoms with Crippen molar-refractivity contribution in [3.63, 3.8) is 0 Å². The number of fused-ring (bicyclic) bond motifs is 1. The van der Waals surface area contributed by atoms with Crippen molar-refractivity contribution in [1.82, 2.24) is 9.97 Å². The standard InChI is InChI=1S/C22H18N4O6S/c1-30-17-7-5-13(10-19(17)31-2)15-12-33-22(24-15)25-20(27)11-32-18-8-6-16(26(28)29)14-4-3-9-23-21(14)18/h3-10,12H,11H2,1-2H3,(H,24,25,27). The summed E-state index contributed by atoms with van der Waals surface area (Å²) in [5, 5.41) is 16.5. The molecule has 10 nitrogen and oxygen atoms in total. The maximum Gasteiger partial charge on any atom is 0.279 e. The van der Waals surface area contributed by atoms with Gasteiger partial charge in [0, 0.05) is 23.2 Å². The topological polar surface area (TPSA) is 126 Å². The molecule has 2 heterocycles. The number of benzene rings is 2. The summed E-state index contributed by atoms with van der Waals surface area (Å²) in [6, 6.07) is 11.4. The number of nitro groups is 1. The average molecular weight is 466 g/mol. The number of amides is 1. The Balaban J connectivity index is 1.44. The van der Waals surface area contributed by atoms with Gasteiger partial charge < -0.3 is 14.2 Å². The van der Waals surface area contributed by atoms with Crippen LogP contribution in [0, 0.1) is 10.1 Å². The third kappa shape index (κ3) is 4.67. The molecule has 33 heavy (non-hydrogen) atoms. The van der Waals surface area contributed by atoms with Gasteiger partial charge in [0.05, 0.1) is 30.2 Å². The number of ether oxygens (including phenoxy) is 3. The van der Waals surface area contributed by atoms with E-state index in [4.69, 9.17) is 14.2 Å². The molecule has 2 aromatic carbocycles. The lowest BCUT2D eigenvalue weighted by Gasteiger charge is -2.09. The number of non-ortho nitro benzene ring substituents is 1. The van der Waals surface area contributed by atoms with Gasteiger partial charge >= 0.3 is 0 Å². The van der Waals surface area contributed by atoms with Crippen LogP contribution < -0.4 is 19.5 Å². The van der Waals surface area contributed by atoms with E-state index in [2.05, 4.69) is 15.3 Å². The van der Waals surface area contributed by atoms with Crippen molar-refractivity contribution in [3.05, 3.63) is 64.2 Å². The molecular weight excluding hydrogens is 448 g/mol. The second kappa shape index (κ2) is 9.49. The Hall–Kier alpha value is -4.25. The van der Waals surface area contributed by atoms with Crippen LogP contribution in [0.3, 0.4) is 0 Å². The lowest BCUT2D eigenvalue weighted by atomic mass is 10.1. The predicted molar refractivity (Wildman–Crippen MR) is 123 cm³/mol. The zero-order chi connectivity index (χ0) is 23.4. The van der Waals surface area contributed by atoms with E-state index in [0.717, 1.165) is 5.56 Å². The van der Waals surface area contributed by atoms with E-state index in [9.17, 15) is 14.9 Å². The first kappa shape index (κ1) is 22.0. The molecule has 4 aromatic rings. The predicted octanol–water partition coefficient (Wildman–Crippen LogP) is 4.30. The number of hydrogen-bond donors (Lipinski definition) is 1. The van der Waals surface area contributed by atoms with Gasteiger partial charge in [0.25, 0.3) is 11.6 Å². The number of methoxy groups -OCH3 is 2. The van der Waals surface area contributed by atoms with E-state index in [1.165, 1.54) is 29.7 Å². The van der Waals surface area contributed by atoms with E-state index in [-0.39, 0.29) is 18.0 Å². The van der Waals surface area contributed by atoms with Crippen molar-refractivity contribution in [3.8, 4) is 28.5 Å². The molecule has 0 aliphatic carbocycles. The van der Waals surface area contributed by atoms with Crippen molar-refractivity contribution in [2.24, 2.45) is 0 Å². The normalized spacial score (nSPS) is 10.6. The van der Waals surface area contributed by atoms with E-state index in [1.54, 1.807) is 38.5 Å². The maximum absolute atomic E-state index is 12.4. The Morgan fingerprint density at radius 2 is 1.91 bits per heavy atom. The lowest BCUT2D eigenvalue weighted by molar-refractivity contribution is -0.383. The van der Waals surface area contributed by atoms with Crippen molar-refractivity contribution in [2.45, 2.75) is 0 Å². The molecule has 4 rings (SSSR count). The molecular formula is C22H18N4O6S. The SMILES string of the molecule is COc1ccc(-c2csc(NC(=O)COc3ccc([N+](=O)[O-])c4cccnc34)n2)cc1OC. The summed E-state index contributed by atoms with van der Waals surface area (Å²) < 4.78 is 16.1. The summed E-state index contributed by atoms with van der Waals surface area (Å²) in [6.45, 7) is -0.311. The first-order chi connectivity index (χ1) is 16.0. The summed E-state index contributed by atoms with van der Waals surface area (Å²) in [5.41, 5.74) is 1.71. The summed E-state index contributed by atoms with van der Waals surface area (Å²) in [4.78, 5) is 31.7. The van der Waals surface area contributed by atoms with Gasteiger partial charge in [-0.15, -0.1) is 11.3 Å². The van der Waals surface area contributed by atoms with Gasteiger partial charge in [-0.2, -0.15) is 0 Å². The van der Waals surface area contributed by atoms with E-state index in [1.807, 2.05) is 11.4 Å². The Morgan fingerprint density at radius 1 is 1.12 bits per heavy atom. The number of anilines is 1. The highest BCUT2D eigenvalue weighted by Gasteiger charge is 2.17. The summed E-state index contributed by atoms with van der Waals surface area (Å²) in [5.74, 6) is 1.03. The minimum Gasteiger partial charge on any atom is -0.493 e. The Kier molecular flexibility index (Phi) is 6.31. The van der Waals surface area contributed by atoms with Gasteiger partial charge in [-0.3, -0.25) is 25.2 Å². The Labute approximate surface area is 191 Å². The molecule has 0 aliphatic rings. The molecule has 0 aliphatic heterocycles. The van der Waals surface area contributed by atoms with Crippen LogP contribution in [0.25, 0.3) is 22.2 Å². The largest absolute Gasteiger partial charge is 0.493 e. The minimum absolute atomic E-state index is 0.0830. The lowest BCUT2D eigenvalue weighted by Crippen LogP contribution is -2.20. The van der Waals surface area contributed by atoms with Gasteiger partial charge in [-0.1, -0.05) is 0 Å². The number of carbonyl (C=O) groups is 1. The Bertz CT molecular complexity index is 1340. The molecule has 2 aromatic heterocycles. The molecule has 11 heteroatoms. The monoisotopic (exact) mass is 466 g/mol. The van der Waals surface area contributed by atoms with Gasteiger partial charge in [0.2, 0.25) is 0 Å². The molecule has 0 radical (unpaired) electrons. The molecule has 0 saturated heterocycles. The van der Waals surface area contributed by atoms with Crippen LogP contribution in [0.15, 0.2) is 54.0 Å². The van der Waals surface area contributed by atoms with Gasteiger partial charge in [-0.25, -0.2) is 4.98 Å². The summed E-state index contributed by atoms with van der Waals surface area (Å²) in [6.07, 6.45) is 1.50. The van der Waals surface area contributed by atoms with Crippen LogP contribution in [0.1, 0.15) is 0 Å². The van der Waals surface area contributed by atoms with Crippen LogP contribution in [0.4, 0.5) is 10.8 Å². The van der Waals surface area contributed by atoms with Crippen LogP contribution in [-0.4, -0.2) is 41.6 Å².